The second-order valence-corrected chi connectivity index (χ2v) is 4.49. The van der Waals surface area contributed by atoms with Gasteiger partial charge in [0.15, 0.2) is 0 Å². The zero-order valence-corrected chi connectivity index (χ0v) is 10.7. The number of imidazole rings is 1. The lowest BCUT2D eigenvalue weighted by Gasteiger charge is -2.01. The fourth-order valence-corrected chi connectivity index (χ4v) is 2.24. The second kappa shape index (κ2) is 4.39. The van der Waals surface area contributed by atoms with Gasteiger partial charge in [0, 0.05) is 0 Å². The molecule has 1 N–H and O–H groups in total. The molecule has 2 aromatic rings. The molecule has 0 unspecified atom stereocenters. The van der Waals surface area contributed by atoms with Gasteiger partial charge in [-0.2, -0.15) is 13.2 Å². The molecule has 0 radical (unpaired) electrons. The molecule has 102 valence electrons. The van der Waals surface area contributed by atoms with Crippen LogP contribution in [0, 0.1) is 10.1 Å². The van der Waals surface area contributed by atoms with Gasteiger partial charge in [-0.3, -0.25) is 10.1 Å². The van der Waals surface area contributed by atoms with E-state index in [0.29, 0.717) is 0 Å². The zero-order valence-electron chi connectivity index (χ0n) is 8.48. The molecule has 0 amide bonds. The third kappa shape index (κ3) is 2.19. The van der Waals surface area contributed by atoms with Crippen molar-refractivity contribution in [1.82, 2.24) is 9.97 Å². The number of rotatable bonds is 1. The summed E-state index contributed by atoms with van der Waals surface area (Å²) in [6, 6.07) is 0. The molecule has 0 saturated heterocycles. The first kappa shape index (κ1) is 14.2. The van der Waals surface area contributed by atoms with Gasteiger partial charge in [-0.25, -0.2) is 4.98 Å². The maximum absolute atomic E-state index is 12.5. The zero-order chi connectivity index (χ0) is 14.5. The number of nitro benzene ring substituents is 1. The fourth-order valence-electron chi connectivity index (χ4n) is 1.41. The first-order valence-electron chi connectivity index (χ1n) is 4.42. The molecular formula is C8HCl3F3N3O2. The second-order valence-electron chi connectivity index (χ2n) is 3.35. The highest BCUT2D eigenvalue weighted by Crippen LogP contribution is 2.44. The highest BCUT2D eigenvalue weighted by Gasteiger charge is 2.37. The molecule has 1 aromatic carbocycles. The van der Waals surface area contributed by atoms with Crippen LogP contribution < -0.4 is 0 Å². The summed E-state index contributed by atoms with van der Waals surface area (Å²) < 4.78 is 37.5. The maximum Gasteiger partial charge on any atom is 0.449 e. The lowest BCUT2D eigenvalue weighted by atomic mass is 10.2. The summed E-state index contributed by atoms with van der Waals surface area (Å²) >= 11 is 16.9. The first-order chi connectivity index (χ1) is 8.64. The molecule has 0 atom stereocenters. The number of H-pyrrole nitrogens is 1. The van der Waals surface area contributed by atoms with Gasteiger partial charge >= 0.3 is 11.9 Å². The average molecular weight is 334 g/mol. The number of aromatic nitrogens is 2. The van der Waals surface area contributed by atoms with Crippen LogP contribution in [-0.2, 0) is 6.18 Å². The van der Waals surface area contributed by atoms with Gasteiger partial charge in [0.05, 0.1) is 15.5 Å². The highest BCUT2D eigenvalue weighted by molar-refractivity contribution is 6.49. The van der Waals surface area contributed by atoms with Crippen molar-refractivity contribution in [3.63, 3.8) is 0 Å². The van der Waals surface area contributed by atoms with Gasteiger partial charge < -0.3 is 4.98 Å². The summed E-state index contributed by atoms with van der Waals surface area (Å²) in [5.74, 6) is -1.37. The van der Waals surface area contributed by atoms with E-state index < -0.39 is 43.2 Å². The van der Waals surface area contributed by atoms with Gasteiger partial charge in [0.2, 0.25) is 5.82 Å². The van der Waals surface area contributed by atoms with E-state index in [2.05, 4.69) is 4.98 Å². The minimum Gasteiger partial charge on any atom is -0.333 e. The minimum atomic E-state index is -4.77. The Morgan fingerprint density at radius 3 is 2.21 bits per heavy atom. The molecule has 1 aromatic heterocycles. The molecule has 0 aliphatic rings. The Labute approximate surface area is 117 Å². The Hall–Kier alpha value is -1.25. The minimum absolute atomic E-state index is 0.380. The van der Waals surface area contributed by atoms with Crippen molar-refractivity contribution >= 4 is 51.5 Å². The number of fused-ring (bicyclic) bond motifs is 1. The van der Waals surface area contributed by atoms with Gasteiger partial charge in [0.25, 0.3) is 0 Å². The van der Waals surface area contributed by atoms with E-state index in [1.165, 1.54) is 0 Å². The highest BCUT2D eigenvalue weighted by atomic mass is 35.5. The van der Waals surface area contributed by atoms with Gasteiger partial charge in [0.1, 0.15) is 15.6 Å². The van der Waals surface area contributed by atoms with Gasteiger partial charge in [-0.1, -0.05) is 34.8 Å². The number of nitrogens with zero attached hydrogens (tertiary/aromatic N) is 2. The first-order valence-corrected chi connectivity index (χ1v) is 5.55. The quantitative estimate of drug-likeness (QED) is 0.476. The van der Waals surface area contributed by atoms with E-state index in [4.69, 9.17) is 34.8 Å². The topological polar surface area (TPSA) is 71.8 Å². The van der Waals surface area contributed by atoms with E-state index in [0.717, 1.165) is 0 Å². The average Bonchev–Trinajstić information content (AvgIpc) is 2.70. The lowest BCUT2D eigenvalue weighted by Crippen LogP contribution is -2.06. The number of nitro groups is 1. The Bertz CT molecular complexity index is 698. The van der Waals surface area contributed by atoms with Crippen molar-refractivity contribution < 1.29 is 18.1 Å². The van der Waals surface area contributed by atoms with Crippen molar-refractivity contribution in [3.05, 3.63) is 31.0 Å². The van der Waals surface area contributed by atoms with E-state index in [1.54, 1.807) is 0 Å². The molecular weight excluding hydrogens is 333 g/mol. The van der Waals surface area contributed by atoms with Crippen LogP contribution in [0.2, 0.25) is 15.1 Å². The summed E-state index contributed by atoms with van der Waals surface area (Å²) in [5.41, 5.74) is -1.55. The molecule has 0 fully saturated rings. The van der Waals surface area contributed by atoms with Crippen molar-refractivity contribution in [2.45, 2.75) is 6.18 Å². The van der Waals surface area contributed by atoms with Gasteiger partial charge in [-0.15, -0.1) is 0 Å². The molecule has 5 nitrogen and oxygen atoms in total. The lowest BCUT2D eigenvalue weighted by molar-refractivity contribution is -0.384. The maximum atomic E-state index is 12.5. The molecule has 0 aliphatic carbocycles. The van der Waals surface area contributed by atoms with E-state index in [9.17, 15) is 23.3 Å². The smallest absolute Gasteiger partial charge is 0.333 e. The Morgan fingerprint density at radius 1 is 1.16 bits per heavy atom. The summed E-state index contributed by atoms with van der Waals surface area (Å²) in [6.07, 6.45) is -4.77. The van der Waals surface area contributed by atoms with Crippen LogP contribution in [0.25, 0.3) is 11.0 Å². The van der Waals surface area contributed by atoms with Crippen molar-refractivity contribution in [2.75, 3.05) is 0 Å². The summed E-state index contributed by atoms with van der Waals surface area (Å²) in [6.45, 7) is 0. The van der Waals surface area contributed by atoms with Crippen LogP contribution >= 0.6 is 34.8 Å². The molecule has 0 bridgehead atoms. The van der Waals surface area contributed by atoms with E-state index in [1.807, 2.05) is 4.98 Å². The van der Waals surface area contributed by atoms with Crippen LogP contribution in [0.15, 0.2) is 0 Å². The van der Waals surface area contributed by atoms with Crippen LogP contribution in [0.1, 0.15) is 5.82 Å². The van der Waals surface area contributed by atoms with Crippen molar-refractivity contribution in [2.24, 2.45) is 0 Å². The summed E-state index contributed by atoms with van der Waals surface area (Å²) in [4.78, 5) is 14.9. The van der Waals surface area contributed by atoms with Crippen LogP contribution in [0.4, 0.5) is 18.9 Å². The number of hydrogen-bond donors (Lipinski definition) is 1. The molecule has 1 heterocycles. The number of nitrogens with one attached hydrogen (secondary N) is 1. The molecule has 19 heavy (non-hydrogen) atoms. The molecule has 0 saturated carbocycles. The van der Waals surface area contributed by atoms with Crippen molar-refractivity contribution in [3.8, 4) is 0 Å². The number of benzene rings is 1. The summed E-state index contributed by atoms with van der Waals surface area (Å²) in [7, 11) is 0. The standard InChI is InChI=1S/C8HCl3F3N3O2/c9-1-2(10)6(17(18)19)3(11)5-4(1)15-7(16-5)8(12,13)14/h(H,15,16). The van der Waals surface area contributed by atoms with Crippen LogP contribution in [-0.4, -0.2) is 14.9 Å². The van der Waals surface area contributed by atoms with Crippen LogP contribution in [0.3, 0.4) is 0 Å². The number of aromatic amines is 1. The molecule has 0 spiro atoms. The Morgan fingerprint density at radius 2 is 1.74 bits per heavy atom. The molecule has 2 rings (SSSR count). The van der Waals surface area contributed by atoms with E-state index >= 15 is 0 Å². The number of alkyl halides is 3. The Balaban J connectivity index is 2.90. The SMILES string of the molecule is O=[N+]([O-])c1c(Cl)c(Cl)c2nc(C(F)(F)F)[nH]c2c1Cl. The summed E-state index contributed by atoms with van der Waals surface area (Å²) in [5, 5.41) is 9.14. The predicted octanol–water partition coefficient (Wildman–Crippen LogP) is 4.45. The fraction of sp³-hybridized carbons (Fsp3) is 0.125. The van der Waals surface area contributed by atoms with Crippen LogP contribution in [0.5, 0.6) is 0 Å². The normalized spacial score (nSPS) is 12.1. The third-order valence-corrected chi connectivity index (χ3v) is 3.39. The number of hydrogen-bond acceptors (Lipinski definition) is 3. The van der Waals surface area contributed by atoms with Gasteiger partial charge in [-0.05, 0) is 0 Å². The monoisotopic (exact) mass is 333 g/mol. The van der Waals surface area contributed by atoms with Crippen molar-refractivity contribution in [1.29, 1.82) is 0 Å². The predicted molar refractivity (Wildman–Crippen MR) is 62.8 cm³/mol. The molecule has 0 aliphatic heterocycles. The third-order valence-electron chi connectivity index (χ3n) is 2.19. The number of halogens is 6. The largest absolute Gasteiger partial charge is 0.449 e. The Kier molecular flexibility index (Phi) is 3.28. The molecule has 11 heteroatoms. The van der Waals surface area contributed by atoms with E-state index in [-0.39, 0.29) is 5.52 Å².